The van der Waals surface area contributed by atoms with Gasteiger partial charge in [-0.2, -0.15) is 0 Å². The second kappa shape index (κ2) is 4.85. The van der Waals surface area contributed by atoms with Crippen molar-refractivity contribution in [2.24, 2.45) is 5.92 Å². The highest BCUT2D eigenvalue weighted by Gasteiger charge is 2.26. The Hall–Kier alpha value is -1.06. The van der Waals surface area contributed by atoms with E-state index in [1.807, 2.05) is 19.1 Å². The first-order valence-electron chi connectivity index (χ1n) is 5.82. The van der Waals surface area contributed by atoms with Crippen LogP contribution in [0.15, 0.2) is 18.2 Å². The molecule has 0 bridgehead atoms. The average Bonchev–Trinajstić information content (AvgIpc) is 2.20. The molecule has 0 spiro atoms. The SMILES string of the molecule is Cc1ccc(O)c(CNCC2CC(O)C2)c1. The Morgan fingerprint density at radius 1 is 1.38 bits per heavy atom. The standard InChI is InChI=1S/C13H19NO2/c1-9-2-3-13(16)11(4-9)8-14-7-10-5-12(15)6-10/h2-4,10,12,14-16H,5-8H2,1H3. The fourth-order valence-electron chi connectivity index (χ4n) is 2.13. The number of hydrogen-bond donors (Lipinski definition) is 3. The molecule has 0 aliphatic heterocycles. The Morgan fingerprint density at radius 2 is 2.12 bits per heavy atom. The van der Waals surface area contributed by atoms with Crippen molar-refractivity contribution in [3.8, 4) is 5.75 Å². The van der Waals surface area contributed by atoms with Crippen LogP contribution in [0.3, 0.4) is 0 Å². The number of aromatic hydroxyl groups is 1. The molecule has 1 aliphatic carbocycles. The summed E-state index contributed by atoms with van der Waals surface area (Å²) in [4.78, 5) is 0. The highest BCUT2D eigenvalue weighted by molar-refractivity contribution is 5.35. The quantitative estimate of drug-likeness (QED) is 0.723. The van der Waals surface area contributed by atoms with E-state index in [4.69, 9.17) is 5.11 Å². The minimum absolute atomic E-state index is 0.0841. The summed E-state index contributed by atoms with van der Waals surface area (Å²) in [6, 6.07) is 5.64. The van der Waals surface area contributed by atoms with Crippen LogP contribution in [0.25, 0.3) is 0 Å². The topological polar surface area (TPSA) is 52.5 Å². The number of aryl methyl sites for hydroxylation is 1. The maximum absolute atomic E-state index is 9.63. The van der Waals surface area contributed by atoms with E-state index < -0.39 is 0 Å². The number of aliphatic hydroxyl groups excluding tert-OH is 1. The molecule has 0 heterocycles. The van der Waals surface area contributed by atoms with Crippen LogP contribution < -0.4 is 5.32 Å². The summed E-state index contributed by atoms with van der Waals surface area (Å²) in [6.45, 7) is 3.63. The van der Waals surface area contributed by atoms with E-state index >= 15 is 0 Å². The van der Waals surface area contributed by atoms with Gasteiger partial charge < -0.3 is 15.5 Å². The predicted molar refractivity (Wildman–Crippen MR) is 63.3 cm³/mol. The number of nitrogens with one attached hydrogen (secondary N) is 1. The Morgan fingerprint density at radius 3 is 2.81 bits per heavy atom. The van der Waals surface area contributed by atoms with Crippen molar-refractivity contribution in [1.82, 2.24) is 5.32 Å². The normalized spacial score (nSPS) is 24.1. The predicted octanol–water partition coefficient (Wildman–Crippen LogP) is 1.56. The fraction of sp³-hybridized carbons (Fsp3) is 0.538. The van der Waals surface area contributed by atoms with Crippen molar-refractivity contribution in [3.63, 3.8) is 0 Å². The van der Waals surface area contributed by atoms with Gasteiger partial charge in [-0.1, -0.05) is 17.7 Å². The smallest absolute Gasteiger partial charge is 0.120 e. The highest BCUT2D eigenvalue weighted by Crippen LogP contribution is 2.26. The molecule has 0 unspecified atom stereocenters. The van der Waals surface area contributed by atoms with Gasteiger partial charge in [0.1, 0.15) is 5.75 Å². The van der Waals surface area contributed by atoms with Gasteiger partial charge in [-0.25, -0.2) is 0 Å². The third kappa shape index (κ3) is 2.74. The van der Waals surface area contributed by atoms with Crippen LogP contribution >= 0.6 is 0 Å². The summed E-state index contributed by atoms with van der Waals surface area (Å²) in [7, 11) is 0. The lowest BCUT2D eigenvalue weighted by Crippen LogP contribution is -2.35. The molecule has 3 heteroatoms. The monoisotopic (exact) mass is 221 g/mol. The number of hydrogen-bond acceptors (Lipinski definition) is 3. The molecular formula is C13H19NO2. The Kier molecular flexibility index (Phi) is 3.46. The summed E-state index contributed by atoms with van der Waals surface area (Å²) in [5.41, 5.74) is 2.11. The molecule has 1 saturated carbocycles. The van der Waals surface area contributed by atoms with Crippen molar-refractivity contribution in [1.29, 1.82) is 0 Å². The molecule has 16 heavy (non-hydrogen) atoms. The van der Waals surface area contributed by atoms with Gasteiger partial charge in [-0.3, -0.25) is 0 Å². The zero-order valence-electron chi connectivity index (χ0n) is 9.61. The molecule has 88 valence electrons. The lowest BCUT2D eigenvalue weighted by Gasteiger charge is -2.31. The second-order valence-electron chi connectivity index (χ2n) is 4.75. The maximum atomic E-state index is 9.63. The lowest BCUT2D eigenvalue weighted by atomic mass is 9.82. The Balaban J connectivity index is 1.78. The third-order valence-electron chi connectivity index (χ3n) is 3.19. The molecule has 3 nitrogen and oxygen atoms in total. The molecule has 1 aromatic carbocycles. The van der Waals surface area contributed by atoms with Crippen LogP contribution in [0.2, 0.25) is 0 Å². The van der Waals surface area contributed by atoms with E-state index in [0.29, 0.717) is 18.2 Å². The highest BCUT2D eigenvalue weighted by atomic mass is 16.3. The van der Waals surface area contributed by atoms with Crippen LogP contribution in [0.4, 0.5) is 0 Å². The lowest BCUT2D eigenvalue weighted by molar-refractivity contribution is 0.0429. The third-order valence-corrected chi connectivity index (χ3v) is 3.19. The van der Waals surface area contributed by atoms with E-state index in [9.17, 15) is 5.11 Å². The molecule has 3 N–H and O–H groups in total. The van der Waals surface area contributed by atoms with Crippen molar-refractivity contribution in [3.05, 3.63) is 29.3 Å². The van der Waals surface area contributed by atoms with E-state index in [2.05, 4.69) is 5.32 Å². The van der Waals surface area contributed by atoms with Crippen LogP contribution in [0, 0.1) is 12.8 Å². The molecule has 0 aromatic heterocycles. The summed E-state index contributed by atoms with van der Waals surface area (Å²) in [5, 5.41) is 22.1. The molecule has 0 saturated heterocycles. The minimum Gasteiger partial charge on any atom is -0.508 e. The van der Waals surface area contributed by atoms with E-state index in [1.165, 1.54) is 0 Å². The van der Waals surface area contributed by atoms with Crippen molar-refractivity contribution in [2.45, 2.75) is 32.4 Å². The second-order valence-corrected chi connectivity index (χ2v) is 4.75. The van der Waals surface area contributed by atoms with Gasteiger partial charge in [-0.05, 0) is 38.3 Å². The number of benzene rings is 1. The molecule has 1 aromatic rings. The zero-order valence-corrected chi connectivity index (χ0v) is 9.61. The van der Waals surface area contributed by atoms with E-state index in [-0.39, 0.29) is 6.10 Å². The number of phenolic OH excluding ortho intramolecular Hbond substituents is 1. The van der Waals surface area contributed by atoms with Crippen LogP contribution in [-0.4, -0.2) is 22.9 Å². The Labute approximate surface area is 96.1 Å². The number of phenols is 1. The van der Waals surface area contributed by atoms with Gasteiger partial charge in [0.25, 0.3) is 0 Å². The molecular weight excluding hydrogens is 202 g/mol. The van der Waals surface area contributed by atoms with Crippen molar-refractivity contribution >= 4 is 0 Å². The number of rotatable bonds is 4. The molecule has 1 aliphatic rings. The molecule has 2 rings (SSSR count). The van der Waals surface area contributed by atoms with Crippen LogP contribution in [0.1, 0.15) is 24.0 Å². The van der Waals surface area contributed by atoms with Crippen molar-refractivity contribution < 1.29 is 10.2 Å². The van der Waals surface area contributed by atoms with E-state index in [1.54, 1.807) is 6.07 Å². The molecule has 0 amide bonds. The maximum Gasteiger partial charge on any atom is 0.120 e. The summed E-state index contributed by atoms with van der Waals surface area (Å²) in [5.74, 6) is 0.952. The summed E-state index contributed by atoms with van der Waals surface area (Å²) >= 11 is 0. The zero-order chi connectivity index (χ0) is 11.5. The minimum atomic E-state index is -0.0841. The first-order valence-corrected chi connectivity index (χ1v) is 5.82. The average molecular weight is 221 g/mol. The molecule has 0 atom stereocenters. The van der Waals surface area contributed by atoms with Gasteiger partial charge in [0.15, 0.2) is 0 Å². The largest absolute Gasteiger partial charge is 0.508 e. The summed E-state index contributed by atoms with van der Waals surface area (Å²) < 4.78 is 0. The van der Waals surface area contributed by atoms with Gasteiger partial charge in [0, 0.05) is 12.1 Å². The molecule has 1 fully saturated rings. The van der Waals surface area contributed by atoms with Gasteiger partial charge >= 0.3 is 0 Å². The first kappa shape index (κ1) is 11.4. The number of aliphatic hydroxyl groups is 1. The molecule has 0 radical (unpaired) electrons. The van der Waals surface area contributed by atoms with Crippen LogP contribution in [-0.2, 0) is 6.54 Å². The Bertz CT molecular complexity index is 359. The van der Waals surface area contributed by atoms with E-state index in [0.717, 1.165) is 30.5 Å². The fourth-order valence-corrected chi connectivity index (χ4v) is 2.13. The first-order chi connectivity index (χ1) is 7.65. The van der Waals surface area contributed by atoms with Crippen molar-refractivity contribution in [2.75, 3.05) is 6.54 Å². The summed E-state index contributed by atoms with van der Waals surface area (Å²) in [6.07, 6.45) is 1.73. The van der Waals surface area contributed by atoms with Crippen LogP contribution in [0.5, 0.6) is 5.75 Å². The van der Waals surface area contributed by atoms with Gasteiger partial charge in [-0.15, -0.1) is 0 Å². The van der Waals surface area contributed by atoms with Gasteiger partial charge in [0.2, 0.25) is 0 Å². The van der Waals surface area contributed by atoms with Gasteiger partial charge in [0.05, 0.1) is 6.10 Å².